The highest BCUT2D eigenvalue weighted by molar-refractivity contribution is 5.79. The van der Waals surface area contributed by atoms with Gasteiger partial charge in [0.2, 0.25) is 5.91 Å². The molecule has 1 unspecified atom stereocenters. The molecular formula is C11H15NO. The molecule has 0 aromatic carbocycles. The number of carbonyl (C=O) groups excluding carboxylic acids is 1. The fourth-order valence-electron chi connectivity index (χ4n) is 1.54. The normalized spacial score (nSPS) is 20.8. The molecule has 0 aromatic heterocycles. The minimum atomic E-state index is 0.156. The highest BCUT2D eigenvalue weighted by atomic mass is 16.2. The Kier molecular flexibility index (Phi) is 3.57. The summed E-state index contributed by atoms with van der Waals surface area (Å²) in [7, 11) is 1.76. The molecule has 0 saturated carbocycles. The first-order valence-electron chi connectivity index (χ1n) is 4.59. The highest BCUT2D eigenvalue weighted by Crippen LogP contribution is 2.19. The van der Waals surface area contributed by atoms with Crippen LogP contribution in [0.15, 0.2) is 12.2 Å². The molecule has 1 rings (SSSR count). The van der Waals surface area contributed by atoms with Crippen LogP contribution in [0.25, 0.3) is 0 Å². The zero-order chi connectivity index (χ0) is 9.68. The van der Waals surface area contributed by atoms with Crippen LogP contribution in [-0.4, -0.2) is 24.4 Å². The van der Waals surface area contributed by atoms with Crippen LogP contribution in [0.4, 0.5) is 0 Å². The predicted octanol–water partition coefficient (Wildman–Crippen LogP) is 1.43. The van der Waals surface area contributed by atoms with Crippen molar-refractivity contribution < 1.29 is 4.79 Å². The fourth-order valence-corrected chi connectivity index (χ4v) is 1.54. The average molecular weight is 177 g/mol. The molecule has 0 N–H and O–H groups in total. The summed E-state index contributed by atoms with van der Waals surface area (Å²) < 4.78 is 0. The Labute approximate surface area is 79.6 Å². The van der Waals surface area contributed by atoms with E-state index in [1.807, 2.05) is 0 Å². The standard InChI is InChI=1S/C11H15NO/c1-3-9-12(2)11(13)10-7-5-4-6-8-10/h1,4-5,10H,6-9H2,2H3. The largest absolute Gasteiger partial charge is 0.334 e. The van der Waals surface area contributed by atoms with Gasteiger partial charge in [-0.25, -0.2) is 0 Å². The fraction of sp³-hybridized carbons (Fsp3) is 0.545. The van der Waals surface area contributed by atoms with Crippen molar-refractivity contribution in [1.82, 2.24) is 4.90 Å². The summed E-state index contributed by atoms with van der Waals surface area (Å²) in [6.07, 6.45) is 12.2. The Morgan fingerprint density at radius 1 is 1.69 bits per heavy atom. The molecule has 0 fully saturated rings. The Balaban J connectivity index is 2.47. The van der Waals surface area contributed by atoms with Crippen LogP contribution in [0.1, 0.15) is 19.3 Å². The summed E-state index contributed by atoms with van der Waals surface area (Å²) in [6, 6.07) is 0. The van der Waals surface area contributed by atoms with Gasteiger partial charge in [-0.1, -0.05) is 18.1 Å². The quantitative estimate of drug-likeness (QED) is 0.461. The third-order valence-corrected chi connectivity index (χ3v) is 2.32. The molecule has 1 atom stereocenters. The lowest BCUT2D eigenvalue weighted by atomic mass is 9.93. The number of rotatable bonds is 2. The van der Waals surface area contributed by atoms with Crippen LogP contribution in [0, 0.1) is 18.3 Å². The maximum Gasteiger partial charge on any atom is 0.226 e. The van der Waals surface area contributed by atoms with Gasteiger partial charge in [-0.2, -0.15) is 0 Å². The lowest BCUT2D eigenvalue weighted by molar-refractivity contribution is -0.133. The van der Waals surface area contributed by atoms with Gasteiger partial charge in [0.15, 0.2) is 0 Å². The van der Waals surface area contributed by atoms with Gasteiger partial charge >= 0.3 is 0 Å². The van der Waals surface area contributed by atoms with E-state index >= 15 is 0 Å². The molecule has 0 spiro atoms. The molecule has 70 valence electrons. The number of hydrogen-bond acceptors (Lipinski definition) is 1. The molecule has 1 amide bonds. The molecule has 13 heavy (non-hydrogen) atoms. The molecule has 1 aliphatic rings. The Bertz CT molecular complexity index is 249. The average Bonchev–Trinajstić information content (AvgIpc) is 2.18. The first-order chi connectivity index (χ1) is 6.25. The third kappa shape index (κ3) is 2.62. The monoisotopic (exact) mass is 177 g/mol. The minimum Gasteiger partial charge on any atom is -0.334 e. The van der Waals surface area contributed by atoms with E-state index < -0.39 is 0 Å². The van der Waals surface area contributed by atoms with E-state index in [-0.39, 0.29) is 11.8 Å². The smallest absolute Gasteiger partial charge is 0.226 e. The van der Waals surface area contributed by atoms with Crippen molar-refractivity contribution in [3.05, 3.63) is 12.2 Å². The van der Waals surface area contributed by atoms with Crippen molar-refractivity contribution in [2.45, 2.75) is 19.3 Å². The molecule has 0 aromatic rings. The molecule has 0 heterocycles. The first-order valence-corrected chi connectivity index (χ1v) is 4.59. The molecule has 0 radical (unpaired) electrons. The number of carbonyl (C=O) groups is 1. The predicted molar refractivity (Wildman–Crippen MR) is 53.0 cm³/mol. The summed E-state index contributed by atoms with van der Waals surface area (Å²) in [5.41, 5.74) is 0. The van der Waals surface area contributed by atoms with Crippen molar-refractivity contribution in [3.8, 4) is 12.3 Å². The highest BCUT2D eigenvalue weighted by Gasteiger charge is 2.21. The summed E-state index contributed by atoms with van der Waals surface area (Å²) in [6.45, 7) is 0.416. The van der Waals surface area contributed by atoms with Crippen molar-refractivity contribution in [2.75, 3.05) is 13.6 Å². The summed E-state index contributed by atoms with van der Waals surface area (Å²) in [5, 5.41) is 0. The second-order valence-corrected chi connectivity index (χ2v) is 3.38. The lowest BCUT2D eigenvalue weighted by Gasteiger charge is -2.22. The van der Waals surface area contributed by atoms with Gasteiger partial charge in [-0.05, 0) is 19.3 Å². The number of nitrogens with zero attached hydrogens (tertiary/aromatic N) is 1. The second-order valence-electron chi connectivity index (χ2n) is 3.38. The third-order valence-electron chi connectivity index (χ3n) is 2.32. The van der Waals surface area contributed by atoms with E-state index in [2.05, 4.69) is 18.1 Å². The Morgan fingerprint density at radius 3 is 3.00 bits per heavy atom. The van der Waals surface area contributed by atoms with Crippen LogP contribution in [0.3, 0.4) is 0 Å². The van der Waals surface area contributed by atoms with Crippen LogP contribution < -0.4 is 0 Å². The minimum absolute atomic E-state index is 0.156. The van der Waals surface area contributed by atoms with E-state index in [1.54, 1.807) is 11.9 Å². The van der Waals surface area contributed by atoms with Gasteiger partial charge < -0.3 is 4.90 Å². The zero-order valence-electron chi connectivity index (χ0n) is 7.99. The molecule has 0 aliphatic heterocycles. The Morgan fingerprint density at radius 2 is 2.46 bits per heavy atom. The molecule has 2 heteroatoms. The van der Waals surface area contributed by atoms with Crippen LogP contribution >= 0.6 is 0 Å². The van der Waals surface area contributed by atoms with Gasteiger partial charge in [-0.3, -0.25) is 4.79 Å². The number of hydrogen-bond donors (Lipinski definition) is 0. The van der Waals surface area contributed by atoms with Crippen molar-refractivity contribution in [1.29, 1.82) is 0 Å². The van der Waals surface area contributed by atoms with Crippen molar-refractivity contribution >= 4 is 5.91 Å². The number of allylic oxidation sites excluding steroid dienone is 2. The molecular weight excluding hydrogens is 162 g/mol. The topological polar surface area (TPSA) is 20.3 Å². The molecule has 0 bridgehead atoms. The summed E-state index contributed by atoms with van der Waals surface area (Å²) in [4.78, 5) is 13.3. The van der Waals surface area contributed by atoms with Gasteiger partial charge in [0, 0.05) is 13.0 Å². The molecule has 0 saturated heterocycles. The number of amides is 1. The van der Waals surface area contributed by atoms with E-state index in [9.17, 15) is 4.79 Å². The zero-order valence-corrected chi connectivity index (χ0v) is 7.99. The first kappa shape index (κ1) is 9.85. The SMILES string of the molecule is C#CCN(C)C(=O)C1CC=CCC1. The van der Waals surface area contributed by atoms with Gasteiger partial charge in [-0.15, -0.1) is 6.42 Å². The maximum absolute atomic E-state index is 11.7. The van der Waals surface area contributed by atoms with Crippen LogP contribution in [0.5, 0.6) is 0 Å². The maximum atomic E-state index is 11.7. The van der Waals surface area contributed by atoms with Crippen LogP contribution in [-0.2, 0) is 4.79 Å². The lowest BCUT2D eigenvalue weighted by Crippen LogP contribution is -2.33. The van der Waals surface area contributed by atoms with Gasteiger partial charge in [0.05, 0.1) is 6.54 Å². The molecule has 1 aliphatic carbocycles. The van der Waals surface area contributed by atoms with E-state index in [0.717, 1.165) is 19.3 Å². The van der Waals surface area contributed by atoms with Crippen LogP contribution in [0.2, 0.25) is 0 Å². The summed E-state index contributed by atoms with van der Waals surface area (Å²) >= 11 is 0. The van der Waals surface area contributed by atoms with Crippen molar-refractivity contribution in [2.24, 2.45) is 5.92 Å². The van der Waals surface area contributed by atoms with E-state index in [0.29, 0.717) is 6.54 Å². The van der Waals surface area contributed by atoms with Gasteiger partial charge in [0.25, 0.3) is 0 Å². The second kappa shape index (κ2) is 4.71. The number of terminal acetylenes is 1. The summed E-state index contributed by atoms with van der Waals surface area (Å²) in [5.74, 6) is 2.81. The Hall–Kier alpha value is -1.23. The van der Waals surface area contributed by atoms with E-state index in [4.69, 9.17) is 6.42 Å². The van der Waals surface area contributed by atoms with Crippen molar-refractivity contribution in [3.63, 3.8) is 0 Å². The van der Waals surface area contributed by atoms with Gasteiger partial charge in [0.1, 0.15) is 0 Å². The molecule has 2 nitrogen and oxygen atoms in total. The van der Waals surface area contributed by atoms with E-state index in [1.165, 1.54) is 0 Å².